The summed E-state index contributed by atoms with van der Waals surface area (Å²) in [5, 5.41) is 1.07. The fraction of sp³-hybridized carbons (Fsp3) is 0.0476. The van der Waals surface area contributed by atoms with Crippen LogP contribution in [0.25, 0.3) is 16.6 Å². The van der Waals surface area contributed by atoms with Gasteiger partial charge in [-0.05, 0) is 64.6 Å². The third-order valence-electron chi connectivity index (χ3n) is 4.09. The molecular weight excluding hydrogens is 428 g/mol. The van der Waals surface area contributed by atoms with Gasteiger partial charge in [0.05, 0.1) is 10.9 Å². The average Bonchev–Trinajstić information content (AvgIpc) is 2.99. The number of nitrogens with zero attached hydrogens (tertiary/aromatic N) is 1. The number of hydrogen-bond acceptors (Lipinski definition) is 1. The second-order valence-electron chi connectivity index (χ2n) is 5.75. The Morgan fingerprint density at radius 2 is 1.64 bits per heavy atom. The lowest BCUT2D eigenvalue weighted by Crippen LogP contribution is -1.96. The fourth-order valence-electron chi connectivity index (χ4n) is 2.88. The lowest BCUT2D eigenvalue weighted by molar-refractivity contribution is 0.310. The first-order valence-electron chi connectivity index (χ1n) is 7.94. The van der Waals surface area contributed by atoms with Crippen molar-refractivity contribution in [3.8, 4) is 11.4 Å². The summed E-state index contributed by atoms with van der Waals surface area (Å²) in [6, 6.07) is 22.7. The zero-order chi connectivity index (χ0) is 17.2. The van der Waals surface area contributed by atoms with Gasteiger partial charge in [-0.3, -0.25) is 0 Å². The molecule has 0 saturated carbocycles. The fourth-order valence-corrected chi connectivity index (χ4v) is 3.70. The molecule has 0 radical (unpaired) electrons. The van der Waals surface area contributed by atoms with Crippen LogP contribution in [0.15, 0.2) is 79.0 Å². The number of halogens is 2. The molecule has 124 valence electrons. The number of hydrogen-bond donors (Lipinski definition) is 0. The van der Waals surface area contributed by atoms with Gasteiger partial charge >= 0.3 is 0 Å². The molecule has 1 heterocycles. The van der Waals surface area contributed by atoms with Gasteiger partial charge in [0.25, 0.3) is 0 Å². The van der Waals surface area contributed by atoms with Crippen molar-refractivity contribution in [2.45, 2.75) is 6.61 Å². The van der Waals surface area contributed by atoms with Gasteiger partial charge in [0.1, 0.15) is 18.2 Å². The molecule has 0 atom stereocenters. The summed E-state index contributed by atoms with van der Waals surface area (Å²) in [6.07, 6.45) is 2.05. The van der Waals surface area contributed by atoms with Crippen molar-refractivity contribution in [2.75, 3.05) is 0 Å². The standard InChI is InChI=1S/C21H15FINO/c22-16-9-11-17(12-10-16)24-13-18(23)21-19(24)7-4-8-20(21)25-14-15-5-2-1-3-6-15/h1-13H,14H2. The van der Waals surface area contributed by atoms with E-state index in [1.54, 1.807) is 12.1 Å². The summed E-state index contributed by atoms with van der Waals surface area (Å²) in [5.74, 6) is 0.619. The van der Waals surface area contributed by atoms with Crippen molar-refractivity contribution < 1.29 is 9.13 Å². The van der Waals surface area contributed by atoms with E-state index in [4.69, 9.17) is 4.74 Å². The van der Waals surface area contributed by atoms with E-state index in [2.05, 4.69) is 45.4 Å². The van der Waals surface area contributed by atoms with Gasteiger partial charge in [-0.1, -0.05) is 36.4 Å². The van der Waals surface area contributed by atoms with Crippen LogP contribution in [0.2, 0.25) is 0 Å². The average molecular weight is 443 g/mol. The van der Waals surface area contributed by atoms with Crippen LogP contribution in [0, 0.1) is 9.39 Å². The van der Waals surface area contributed by atoms with Crippen LogP contribution >= 0.6 is 22.6 Å². The summed E-state index contributed by atoms with van der Waals surface area (Å²) < 4.78 is 22.5. The van der Waals surface area contributed by atoms with Crippen molar-refractivity contribution in [1.82, 2.24) is 4.57 Å². The minimum absolute atomic E-state index is 0.234. The molecule has 0 bridgehead atoms. The van der Waals surface area contributed by atoms with Gasteiger partial charge < -0.3 is 9.30 Å². The van der Waals surface area contributed by atoms with E-state index in [9.17, 15) is 4.39 Å². The van der Waals surface area contributed by atoms with Crippen LogP contribution in [0.1, 0.15) is 5.56 Å². The molecule has 25 heavy (non-hydrogen) atoms. The zero-order valence-electron chi connectivity index (χ0n) is 13.3. The van der Waals surface area contributed by atoms with Crippen LogP contribution < -0.4 is 4.74 Å². The Bertz CT molecular complexity index is 1010. The van der Waals surface area contributed by atoms with E-state index in [1.165, 1.54) is 12.1 Å². The van der Waals surface area contributed by atoms with Crippen molar-refractivity contribution in [3.05, 3.63) is 93.9 Å². The van der Waals surface area contributed by atoms with Crippen LogP contribution in [-0.2, 0) is 6.61 Å². The molecule has 0 aliphatic heterocycles. The minimum Gasteiger partial charge on any atom is -0.488 e. The third kappa shape index (κ3) is 3.26. The first-order valence-corrected chi connectivity index (χ1v) is 9.02. The Balaban J connectivity index is 1.73. The second kappa shape index (κ2) is 6.88. The van der Waals surface area contributed by atoms with Crippen molar-refractivity contribution in [1.29, 1.82) is 0 Å². The van der Waals surface area contributed by atoms with Crippen LogP contribution in [0.3, 0.4) is 0 Å². The lowest BCUT2D eigenvalue weighted by Gasteiger charge is -2.09. The van der Waals surface area contributed by atoms with Crippen molar-refractivity contribution in [2.24, 2.45) is 0 Å². The van der Waals surface area contributed by atoms with Crippen LogP contribution in [0.5, 0.6) is 5.75 Å². The molecule has 1 aromatic heterocycles. The molecule has 0 spiro atoms. The highest BCUT2D eigenvalue weighted by Crippen LogP contribution is 2.33. The van der Waals surface area contributed by atoms with Gasteiger partial charge in [0.2, 0.25) is 0 Å². The molecule has 0 aliphatic rings. The van der Waals surface area contributed by atoms with Gasteiger partial charge in [0, 0.05) is 15.5 Å². The third-order valence-corrected chi connectivity index (χ3v) is 4.90. The zero-order valence-corrected chi connectivity index (χ0v) is 15.5. The maximum absolute atomic E-state index is 13.2. The Kier molecular flexibility index (Phi) is 4.44. The van der Waals surface area contributed by atoms with E-state index in [0.29, 0.717) is 6.61 Å². The lowest BCUT2D eigenvalue weighted by atomic mass is 10.2. The van der Waals surface area contributed by atoms with Crippen LogP contribution in [0.4, 0.5) is 4.39 Å². The number of rotatable bonds is 4. The summed E-state index contributed by atoms with van der Waals surface area (Å²) >= 11 is 2.32. The molecule has 2 nitrogen and oxygen atoms in total. The van der Waals surface area contributed by atoms with E-state index in [1.807, 2.05) is 36.5 Å². The van der Waals surface area contributed by atoms with E-state index < -0.39 is 0 Å². The molecule has 4 aromatic rings. The summed E-state index contributed by atoms with van der Waals surface area (Å²) in [6.45, 7) is 0.526. The summed E-state index contributed by atoms with van der Waals surface area (Å²) in [7, 11) is 0. The molecule has 0 aliphatic carbocycles. The normalized spacial score (nSPS) is 11.0. The molecule has 0 amide bonds. The quantitative estimate of drug-likeness (QED) is 0.356. The Morgan fingerprint density at radius 3 is 2.40 bits per heavy atom. The topological polar surface area (TPSA) is 14.2 Å². The van der Waals surface area contributed by atoms with Gasteiger partial charge in [-0.25, -0.2) is 4.39 Å². The maximum Gasteiger partial charge on any atom is 0.130 e. The van der Waals surface area contributed by atoms with Crippen molar-refractivity contribution in [3.63, 3.8) is 0 Å². The summed E-state index contributed by atoms with van der Waals surface area (Å²) in [5.41, 5.74) is 3.10. The second-order valence-corrected chi connectivity index (χ2v) is 6.91. The SMILES string of the molecule is Fc1ccc(-n2cc(I)c3c(OCc4ccccc4)cccc32)cc1. The first kappa shape index (κ1) is 16.1. The molecule has 0 fully saturated rings. The minimum atomic E-state index is -0.234. The molecule has 4 heteroatoms. The molecule has 0 saturated heterocycles. The Hall–Kier alpha value is -2.34. The van der Waals surface area contributed by atoms with Gasteiger partial charge in [0.15, 0.2) is 0 Å². The monoisotopic (exact) mass is 443 g/mol. The highest BCUT2D eigenvalue weighted by Gasteiger charge is 2.13. The summed E-state index contributed by atoms with van der Waals surface area (Å²) in [4.78, 5) is 0. The van der Waals surface area contributed by atoms with Gasteiger partial charge in [-0.15, -0.1) is 0 Å². The Labute approximate surface area is 159 Å². The predicted octanol–water partition coefficient (Wildman–Crippen LogP) is 5.95. The number of ether oxygens (including phenoxy) is 1. The van der Waals surface area contributed by atoms with E-state index in [0.717, 1.165) is 31.5 Å². The first-order chi connectivity index (χ1) is 12.2. The largest absolute Gasteiger partial charge is 0.488 e. The predicted molar refractivity (Wildman–Crippen MR) is 107 cm³/mol. The highest BCUT2D eigenvalue weighted by atomic mass is 127. The molecule has 4 rings (SSSR count). The number of benzene rings is 3. The molecule has 0 N–H and O–H groups in total. The van der Waals surface area contributed by atoms with Gasteiger partial charge in [-0.2, -0.15) is 0 Å². The van der Waals surface area contributed by atoms with Crippen molar-refractivity contribution >= 4 is 33.5 Å². The number of fused-ring (bicyclic) bond motifs is 1. The molecule has 3 aromatic carbocycles. The maximum atomic E-state index is 13.2. The van der Waals surface area contributed by atoms with E-state index >= 15 is 0 Å². The van der Waals surface area contributed by atoms with E-state index in [-0.39, 0.29) is 5.82 Å². The smallest absolute Gasteiger partial charge is 0.130 e. The van der Waals surface area contributed by atoms with Crippen LogP contribution in [-0.4, -0.2) is 4.57 Å². The molecule has 0 unspecified atom stereocenters. The Morgan fingerprint density at radius 1 is 0.880 bits per heavy atom. The highest BCUT2D eigenvalue weighted by molar-refractivity contribution is 14.1. The molecular formula is C21H15FINO. The number of aromatic nitrogens is 1.